The molecule has 0 saturated heterocycles. The standard InChI is InChI=1S/C38H31Cl2N3O5S/c1-47-27-19-20-34(48-2)32(22-27)42-38(46)35(24-11-5-3-6-12-24)49-28-16-9-15-26(21-28)41-37(45)33(23-29-30(39)17-10-18-31(29)40)43-36(44)25-13-7-4-8-14-25/h3-23,35H,1-2H3,(H,41,45)(H,42,46)(H,43,44)/b33-23+. The van der Waals surface area contributed by atoms with Crippen LogP contribution in [0, 0.1) is 0 Å². The zero-order valence-corrected chi connectivity index (χ0v) is 28.7. The van der Waals surface area contributed by atoms with Gasteiger partial charge in [-0.1, -0.05) is 83.9 Å². The van der Waals surface area contributed by atoms with Gasteiger partial charge in [-0.15, -0.1) is 11.8 Å². The Balaban J connectivity index is 1.41. The van der Waals surface area contributed by atoms with Crippen LogP contribution in [0.25, 0.3) is 6.08 Å². The lowest BCUT2D eigenvalue weighted by atomic mass is 10.1. The van der Waals surface area contributed by atoms with E-state index in [1.807, 2.05) is 36.4 Å². The second kappa shape index (κ2) is 16.7. The molecule has 3 amide bonds. The molecule has 3 N–H and O–H groups in total. The van der Waals surface area contributed by atoms with Crippen LogP contribution in [0.3, 0.4) is 0 Å². The summed E-state index contributed by atoms with van der Waals surface area (Å²) in [7, 11) is 3.07. The van der Waals surface area contributed by atoms with Gasteiger partial charge in [0.05, 0.1) is 19.9 Å². The fraction of sp³-hybridized carbons (Fsp3) is 0.0789. The zero-order valence-electron chi connectivity index (χ0n) is 26.4. The Hall–Kier alpha value is -5.22. The quantitative estimate of drug-likeness (QED) is 0.0882. The van der Waals surface area contributed by atoms with Crippen molar-refractivity contribution in [1.82, 2.24) is 5.32 Å². The van der Waals surface area contributed by atoms with Crippen LogP contribution in [0.1, 0.15) is 26.7 Å². The number of carbonyl (C=O) groups excluding carboxylic acids is 3. The predicted octanol–water partition coefficient (Wildman–Crippen LogP) is 8.89. The third kappa shape index (κ3) is 9.23. The van der Waals surface area contributed by atoms with E-state index in [1.54, 1.807) is 92.0 Å². The van der Waals surface area contributed by atoms with Gasteiger partial charge in [-0.05, 0) is 66.2 Å². The van der Waals surface area contributed by atoms with Crippen molar-refractivity contribution in [2.24, 2.45) is 0 Å². The number of hydrogen-bond donors (Lipinski definition) is 3. The van der Waals surface area contributed by atoms with Crippen LogP contribution in [-0.2, 0) is 9.59 Å². The summed E-state index contributed by atoms with van der Waals surface area (Å²) in [6, 6.07) is 35.0. The molecular weight excluding hydrogens is 681 g/mol. The highest BCUT2D eigenvalue weighted by atomic mass is 35.5. The van der Waals surface area contributed by atoms with Crippen LogP contribution < -0.4 is 25.4 Å². The summed E-state index contributed by atoms with van der Waals surface area (Å²) >= 11 is 14.1. The molecule has 0 aromatic heterocycles. The average molecular weight is 713 g/mol. The van der Waals surface area contributed by atoms with Crippen molar-refractivity contribution in [1.29, 1.82) is 0 Å². The van der Waals surface area contributed by atoms with Crippen LogP contribution >= 0.6 is 35.0 Å². The Kier molecular flexibility index (Phi) is 12.0. The molecule has 0 saturated carbocycles. The van der Waals surface area contributed by atoms with Crippen LogP contribution in [0.4, 0.5) is 11.4 Å². The first-order chi connectivity index (χ1) is 23.7. The fourth-order valence-corrected chi connectivity index (χ4v) is 6.32. The number of rotatable bonds is 12. The van der Waals surface area contributed by atoms with Crippen LogP contribution in [0.15, 0.2) is 132 Å². The Labute approximate surface area is 298 Å². The molecule has 49 heavy (non-hydrogen) atoms. The van der Waals surface area contributed by atoms with Crippen LogP contribution in [0.5, 0.6) is 11.5 Å². The smallest absolute Gasteiger partial charge is 0.272 e. The van der Waals surface area contributed by atoms with Gasteiger partial charge in [-0.2, -0.15) is 0 Å². The molecule has 0 heterocycles. The van der Waals surface area contributed by atoms with E-state index in [2.05, 4.69) is 16.0 Å². The number of anilines is 2. The van der Waals surface area contributed by atoms with Gasteiger partial charge in [0, 0.05) is 37.8 Å². The van der Waals surface area contributed by atoms with Crippen molar-refractivity contribution in [2.75, 3.05) is 24.9 Å². The minimum atomic E-state index is -0.675. The highest BCUT2D eigenvalue weighted by Crippen LogP contribution is 2.38. The van der Waals surface area contributed by atoms with E-state index >= 15 is 0 Å². The molecule has 248 valence electrons. The van der Waals surface area contributed by atoms with Crippen molar-refractivity contribution >= 4 is 70.1 Å². The minimum absolute atomic E-state index is 0.0734. The molecule has 5 aromatic rings. The first-order valence-electron chi connectivity index (χ1n) is 14.9. The average Bonchev–Trinajstić information content (AvgIpc) is 3.12. The molecule has 0 aliphatic carbocycles. The highest BCUT2D eigenvalue weighted by molar-refractivity contribution is 8.00. The third-order valence-corrected chi connectivity index (χ3v) is 9.08. The topological polar surface area (TPSA) is 106 Å². The molecule has 0 spiro atoms. The van der Waals surface area contributed by atoms with Gasteiger partial charge < -0.3 is 25.4 Å². The van der Waals surface area contributed by atoms with Gasteiger partial charge in [-0.25, -0.2) is 0 Å². The maximum atomic E-state index is 13.8. The van der Waals surface area contributed by atoms with Crippen LogP contribution in [0.2, 0.25) is 10.0 Å². The van der Waals surface area contributed by atoms with Crippen molar-refractivity contribution in [3.05, 3.63) is 154 Å². The summed E-state index contributed by atoms with van der Waals surface area (Å²) in [6.45, 7) is 0. The Morgan fingerprint density at radius 1 is 0.735 bits per heavy atom. The molecule has 5 rings (SSSR count). The first kappa shape index (κ1) is 35.1. The minimum Gasteiger partial charge on any atom is -0.497 e. The molecule has 0 aliphatic rings. The number of halogens is 2. The Bertz CT molecular complexity index is 1970. The SMILES string of the molecule is COc1ccc(OC)c(NC(=O)C(Sc2cccc(NC(=O)/C(=C\c3c(Cl)cccc3Cl)NC(=O)c3ccccc3)c2)c2ccccc2)c1. The van der Waals surface area contributed by atoms with E-state index in [1.165, 1.54) is 24.9 Å². The first-order valence-corrected chi connectivity index (χ1v) is 16.6. The predicted molar refractivity (Wildman–Crippen MR) is 197 cm³/mol. The second-order valence-corrected chi connectivity index (χ2v) is 12.5. The molecular formula is C38H31Cl2N3O5S. The molecule has 0 aliphatic heterocycles. The largest absolute Gasteiger partial charge is 0.497 e. The maximum absolute atomic E-state index is 13.8. The van der Waals surface area contributed by atoms with Crippen molar-refractivity contribution in [2.45, 2.75) is 10.1 Å². The van der Waals surface area contributed by atoms with E-state index in [0.717, 1.165) is 5.56 Å². The number of ether oxygens (including phenoxy) is 2. The normalized spacial score (nSPS) is 11.6. The summed E-state index contributed by atoms with van der Waals surface area (Å²) in [4.78, 5) is 41.3. The van der Waals surface area contributed by atoms with Gasteiger partial charge in [0.15, 0.2) is 0 Å². The Morgan fingerprint density at radius 2 is 1.41 bits per heavy atom. The van der Waals surface area contributed by atoms with E-state index in [0.29, 0.717) is 48.9 Å². The van der Waals surface area contributed by atoms with Gasteiger partial charge >= 0.3 is 0 Å². The van der Waals surface area contributed by atoms with Gasteiger partial charge in [0.25, 0.3) is 11.8 Å². The molecule has 5 aromatic carbocycles. The Morgan fingerprint density at radius 3 is 2.08 bits per heavy atom. The van der Waals surface area contributed by atoms with Gasteiger partial charge in [0.2, 0.25) is 5.91 Å². The molecule has 0 fully saturated rings. The lowest BCUT2D eigenvalue weighted by Gasteiger charge is -2.19. The lowest BCUT2D eigenvalue weighted by Crippen LogP contribution is -2.30. The number of hydrogen-bond acceptors (Lipinski definition) is 6. The fourth-order valence-electron chi connectivity index (χ4n) is 4.73. The molecule has 1 atom stereocenters. The molecule has 8 nitrogen and oxygen atoms in total. The number of methoxy groups -OCH3 is 2. The number of benzene rings is 5. The summed E-state index contributed by atoms with van der Waals surface area (Å²) < 4.78 is 10.8. The molecule has 0 radical (unpaired) electrons. The zero-order chi connectivity index (χ0) is 34.8. The third-order valence-electron chi connectivity index (χ3n) is 7.17. The number of nitrogens with one attached hydrogen (secondary N) is 3. The summed E-state index contributed by atoms with van der Waals surface area (Å²) in [6.07, 6.45) is 1.43. The number of thioether (sulfide) groups is 1. The summed E-state index contributed by atoms with van der Waals surface area (Å²) in [5, 5.41) is 8.47. The molecule has 1 unspecified atom stereocenters. The van der Waals surface area contributed by atoms with Crippen LogP contribution in [-0.4, -0.2) is 31.9 Å². The van der Waals surface area contributed by atoms with Crippen molar-refractivity contribution < 1.29 is 23.9 Å². The van der Waals surface area contributed by atoms with Crippen molar-refractivity contribution in [3.63, 3.8) is 0 Å². The highest BCUT2D eigenvalue weighted by Gasteiger charge is 2.24. The number of carbonyl (C=O) groups is 3. The van der Waals surface area contributed by atoms with E-state index in [9.17, 15) is 14.4 Å². The van der Waals surface area contributed by atoms with Gasteiger partial charge in [0.1, 0.15) is 22.4 Å². The summed E-state index contributed by atoms with van der Waals surface area (Å²) in [5.41, 5.74) is 2.33. The number of amides is 3. The second-order valence-electron chi connectivity index (χ2n) is 10.5. The van der Waals surface area contributed by atoms with E-state index < -0.39 is 17.1 Å². The van der Waals surface area contributed by atoms with E-state index in [-0.39, 0.29) is 11.6 Å². The summed E-state index contributed by atoms with van der Waals surface area (Å²) in [5.74, 6) is -0.336. The van der Waals surface area contributed by atoms with Gasteiger partial charge in [-0.3, -0.25) is 14.4 Å². The molecule has 11 heteroatoms. The van der Waals surface area contributed by atoms with E-state index in [4.69, 9.17) is 32.7 Å². The molecule has 0 bridgehead atoms. The monoisotopic (exact) mass is 711 g/mol. The lowest BCUT2D eigenvalue weighted by molar-refractivity contribution is -0.116. The maximum Gasteiger partial charge on any atom is 0.272 e. The van der Waals surface area contributed by atoms with Crippen molar-refractivity contribution in [3.8, 4) is 11.5 Å².